The zero-order valence-corrected chi connectivity index (χ0v) is 22.1. The number of hydrogen-bond acceptors (Lipinski definition) is 10. The monoisotopic (exact) mass is 528 g/mol. The minimum absolute atomic E-state index is 0.0880. The molecule has 1 N–H and O–H groups in total. The molecule has 37 heavy (non-hydrogen) atoms. The van der Waals surface area contributed by atoms with Crippen LogP contribution in [0.3, 0.4) is 0 Å². The molecule has 4 aromatic rings. The van der Waals surface area contributed by atoms with Crippen LogP contribution in [0.25, 0.3) is 17.2 Å². The largest absolute Gasteiger partial charge is 0.494 e. The average Bonchev–Trinajstić information content (AvgIpc) is 3.50. The normalized spacial score (nSPS) is 13.2. The van der Waals surface area contributed by atoms with Crippen LogP contribution in [0.1, 0.15) is 24.4 Å². The van der Waals surface area contributed by atoms with Crippen molar-refractivity contribution in [2.75, 3.05) is 26.1 Å². The molecule has 0 aliphatic heterocycles. The van der Waals surface area contributed by atoms with Gasteiger partial charge in [0.15, 0.2) is 11.6 Å². The van der Waals surface area contributed by atoms with Crippen LogP contribution in [0.4, 0.5) is 5.95 Å². The molecule has 0 aliphatic carbocycles. The Morgan fingerprint density at radius 1 is 1.00 bits per heavy atom. The fraction of sp³-hybridized carbons (Fsp3) is 0.348. The van der Waals surface area contributed by atoms with Crippen LogP contribution in [0.15, 0.2) is 42.9 Å². The SMILES string of the molecule is COc1cccc(OC)c1-n1c(NS(=O)(=O)[C@@H](C)[C@H](OC)c2ncc(C)cn2)nnc1-c1ccn(C)n1. The number of aryl methyl sites for hydroxylation is 2. The van der Waals surface area contributed by atoms with Crippen molar-refractivity contribution in [2.45, 2.75) is 25.2 Å². The number of benzene rings is 1. The Hall–Kier alpha value is -4.04. The molecule has 0 unspecified atom stereocenters. The van der Waals surface area contributed by atoms with Crippen LogP contribution in [-0.4, -0.2) is 69.5 Å². The maximum Gasteiger partial charge on any atom is 0.243 e. The minimum atomic E-state index is -4.10. The topological polar surface area (TPSA) is 148 Å². The molecule has 0 fully saturated rings. The van der Waals surface area contributed by atoms with E-state index in [0.717, 1.165) is 5.56 Å². The maximum atomic E-state index is 13.6. The summed E-state index contributed by atoms with van der Waals surface area (Å²) in [5.74, 6) is 1.25. The summed E-state index contributed by atoms with van der Waals surface area (Å²) in [6.45, 7) is 3.34. The Labute approximate surface area is 214 Å². The highest BCUT2D eigenvalue weighted by molar-refractivity contribution is 7.93. The van der Waals surface area contributed by atoms with Gasteiger partial charge < -0.3 is 14.2 Å². The number of nitrogens with one attached hydrogen (secondary N) is 1. The molecule has 14 heteroatoms. The van der Waals surface area contributed by atoms with Crippen LogP contribution >= 0.6 is 0 Å². The van der Waals surface area contributed by atoms with Crippen molar-refractivity contribution >= 4 is 16.0 Å². The van der Waals surface area contributed by atoms with Crippen LogP contribution < -0.4 is 14.2 Å². The molecule has 3 heterocycles. The lowest BCUT2D eigenvalue weighted by Crippen LogP contribution is -2.33. The van der Waals surface area contributed by atoms with Gasteiger partial charge in [-0.25, -0.2) is 18.4 Å². The average molecular weight is 529 g/mol. The summed E-state index contributed by atoms with van der Waals surface area (Å²) < 4.78 is 49.4. The predicted octanol–water partition coefficient (Wildman–Crippen LogP) is 2.30. The molecule has 0 radical (unpaired) electrons. The zero-order valence-electron chi connectivity index (χ0n) is 21.3. The quantitative estimate of drug-likeness (QED) is 0.325. The number of ether oxygens (including phenoxy) is 3. The smallest absolute Gasteiger partial charge is 0.243 e. The minimum Gasteiger partial charge on any atom is -0.494 e. The second-order valence-corrected chi connectivity index (χ2v) is 10.2. The second kappa shape index (κ2) is 10.5. The van der Waals surface area contributed by atoms with Gasteiger partial charge in [-0.15, -0.1) is 10.2 Å². The Morgan fingerprint density at radius 2 is 1.65 bits per heavy atom. The lowest BCUT2D eigenvalue weighted by molar-refractivity contribution is 0.0949. The first-order valence-corrected chi connectivity index (χ1v) is 12.7. The van der Waals surface area contributed by atoms with E-state index in [9.17, 15) is 8.42 Å². The van der Waals surface area contributed by atoms with E-state index in [4.69, 9.17) is 14.2 Å². The van der Waals surface area contributed by atoms with Crippen molar-refractivity contribution < 1.29 is 22.6 Å². The van der Waals surface area contributed by atoms with Gasteiger partial charge in [-0.1, -0.05) is 6.07 Å². The fourth-order valence-corrected chi connectivity index (χ4v) is 4.88. The molecular formula is C23H28N8O5S. The molecule has 0 saturated heterocycles. The molecule has 0 amide bonds. The number of aromatic nitrogens is 7. The van der Waals surface area contributed by atoms with Gasteiger partial charge in [-0.2, -0.15) is 5.10 Å². The van der Waals surface area contributed by atoms with Gasteiger partial charge >= 0.3 is 0 Å². The standard InChI is InChI=1S/C23H28N8O5S/c1-14-12-24-21(25-13-14)20(36-6)15(2)37(32,33)29-23-27-26-22(16-10-11-30(3)28-16)31(23)19-17(34-4)8-7-9-18(19)35-5/h7-13,15,20H,1-6H3,(H,27,29)/t15-,20-/m0/s1. The molecule has 4 rings (SSSR count). The third kappa shape index (κ3) is 5.11. The van der Waals surface area contributed by atoms with Gasteiger partial charge in [0.25, 0.3) is 0 Å². The molecule has 0 spiro atoms. The van der Waals surface area contributed by atoms with E-state index >= 15 is 0 Å². The Bertz CT molecular complexity index is 1460. The number of para-hydroxylation sites is 1. The first-order chi connectivity index (χ1) is 17.7. The summed E-state index contributed by atoms with van der Waals surface area (Å²) in [7, 11) is 2.06. The van der Waals surface area contributed by atoms with E-state index in [-0.39, 0.29) is 17.6 Å². The summed E-state index contributed by atoms with van der Waals surface area (Å²) >= 11 is 0. The highest BCUT2D eigenvalue weighted by atomic mass is 32.2. The third-order valence-electron chi connectivity index (χ3n) is 5.69. The van der Waals surface area contributed by atoms with Crippen LogP contribution in [0.2, 0.25) is 0 Å². The fourth-order valence-electron chi connectivity index (χ4n) is 3.75. The Kier molecular flexibility index (Phi) is 7.40. The van der Waals surface area contributed by atoms with Gasteiger partial charge in [-0.3, -0.25) is 14.0 Å². The van der Waals surface area contributed by atoms with E-state index in [1.807, 2.05) is 6.92 Å². The van der Waals surface area contributed by atoms with Crippen LogP contribution in [0.5, 0.6) is 11.5 Å². The molecular weight excluding hydrogens is 500 g/mol. The molecule has 2 atom stereocenters. The summed E-state index contributed by atoms with van der Waals surface area (Å²) in [4.78, 5) is 8.49. The van der Waals surface area contributed by atoms with Crippen LogP contribution in [-0.2, 0) is 21.8 Å². The van der Waals surface area contributed by atoms with E-state index in [1.54, 1.807) is 54.6 Å². The van der Waals surface area contributed by atoms with E-state index in [1.165, 1.54) is 32.8 Å². The summed E-state index contributed by atoms with van der Waals surface area (Å²) in [6.07, 6.45) is 4.01. The first kappa shape index (κ1) is 26.0. The summed E-state index contributed by atoms with van der Waals surface area (Å²) in [6, 6.07) is 6.93. The zero-order chi connectivity index (χ0) is 26.7. The Balaban J connectivity index is 1.82. The number of methoxy groups -OCH3 is 3. The molecule has 3 aromatic heterocycles. The van der Waals surface area contributed by atoms with Gasteiger partial charge in [0.2, 0.25) is 16.0 Å². The van der Waals surface area contributed by atoms with E-state index < -0.39 is 21.4 Å². The lowest BCUT2D eigenvalue weighted by Gasteiger charge is -2.22. The van der Waals surface area contributed by atoms with Crippen molar-refractivity contribution in [3.63, 3.8) is 0 Å². The van der Waals surface area contributed by atoms with Crippen molar-refractivity contribution in [1.82, 2.24) is 34.5 Å². The van der Waals surface area contributed by atoms with Crippen molar-refractivity contribution in [1.29, 1.82) is 0 Å². The predicted molar refractivity (Wildman–Crippen MR) is 135 cm³/mol. The number of sulfonamides is 1. The van der Waals surface area contributed by atoms with Crippen molar-refractivity contribution in [2.24, 2.45) is 7.05 Å². The van der Waals surface area contributed by atoms with Gasteiger partial charge in [0, 0.05) is 32.7 Å². The van der Waals surface area contributed by atoms with Crippen molar-refractivity contribution in [3.8, 4) is 28.7 Å². The van der Waals surface area contributed by atoms with E-state index in [0.29, 0.717) is 22.9 Å². The number of nitrogens with zero attached hydrogens (tertiary/aromatic N) is 7. The lowest BCUT2D eigenvalue weighted by atomic mass is 10.2. The number of anilines is 1. The molecule has 13 nitrogen and oxygen atoms in total. The molecule has 0 aliphatic rings. The number of rotatable bonds is 10. The van der Waals surface area contributed by atoms with E-state index in [2.05, 4.69) is 30.0 Å². The summed E-state index contributed by atoms with van der Waals surface area (Å²) in [5.41, 5.74) is 1.70. The second-order valence-electron chi connectivity index (χ2n) is 8.20. The molecule has 0 bridgehead atoms. The first-order valence-electron chi connectivity index (χ1n) is 11.2. The molecule has 1 aromatic carbocycles. The summed E-state index contributed by atoms with van der Waals surface area (Å²) in [5, 5.41) is 11.7. The Morgan fingerprint density at radius 3 is 2.19 bits per heavy atom. The van der Waals surface area contributed by atoms with Crippen molar-refractivity contribution in [3.05, 3.63) is 54.2 Å². The highest BCUT2D eigenvalue weighted by Crippen LogP contribution is 2.37. The third-order valence-corrected chi connectivity index (χ3v) is 7.38. The van der Waals surface area contributed by atoms with Gasteiger partial charge in [-0.05, 0) is 37.6 Å². The maximum absolute atomic E-state index is 13.6. The molecule has 0 saturated carbocycles. The highest BCUT2D eigenvalue weighted by Gasteiger charge is 2.35. The number of hydrogen-bond donors (Lipinski definition) is 1. The van der Waals surface area contributed by atoms with Crippen LogP contribution in [0, 0.1) is 6.92 Å². The van der Waals surface area contributed by atoms with Gasteiger partial charge in [0.05, 0.1) is 14.2 Å². The molecule has 196 valence electrons. The van der Waals surface area contributed by atoms with Gasteiger partial charge in [0.1, 0.15) is 34.2 Å².